The highest BCUT2D eigenvalue weighted by molar-refractivity contribution is 7.99. The number of amides is 1. The predicted octanol–water partition coefficient (Wildman–Crippen LogP) is 2.90. The first-order valence-corrected chi connectivity index (χ1v) is 9.48. The normalized spacial score (nSPS) is 15.4. The van der Waals surface area contributed by atoms with E-state index in [0.29, 0.717) is 23.4 Å². The second kappa shape index (κ2) is 8.28. The second-order valence-electron chi connectivity index (χ2n) is 6.21. The molecule has 0 unspecified atom stereocenters. The minimum Gasteiger partial charge on any atom is -0.353 e. The molecule has 0 bridgehead atoms. The molecule has 128 valence electrons. The molecule has 0 spiro atoms. The van der Waals surface area contributed by atoms with Crippen LogP contribution in [0.4, 0.5) is 0 Å². The van der Waals surface area contributed by atoms with E-state index in [4.69, 9.17) is 0 Å². The van der Waals surface area contributed by atoms with Crippen molar-refractivity contribution in [1.29, 1.82) is 0 Å². The Morgan fingerprint density at radius 1 is 1.25 bits per heavy atom. The van der Waals surface area contributed by atoms with Gasteiger partial charge in [-0.2, -0.15) is 4.68 Å². The molecule has 1 amide bonds. The summed E-state index contributed by atoms with van der Waals surface area (Å²) in [5.74, 6) is 0.800. The van der Waals surface area contributed by atoms with E-state index < -0.39 is 0 Å². The van der Waals surface area contributed by atoms with Crippen LogP contribution in [0.2, 0.25) is 0 Å². The minimum absolute atomic E-state index is 0.128. The van der Waals surface area contributed by atoms with E-state index in [1.165, 1.54) is 36.6 Å². The van der Waals surface area contributed by atoms with Crippen molar-refractivity contribution in [2.45, 2.75) is 56.6 Å². The third-order valence-corrected chi connectivity index (χ3v) is 5.17. The Hall–Kier alpha value is -1.89. The van der Waals surface area contributed by atoms with E-state index in [1.54, 1.807) is 4.68 Å². The molecule has 0 atom stereocenters. The minimum atomic E-state index is 0.128. The largest absolute Gasteiger partial charge is 0.353 e. The number of benzene rings is 1. The first-order valence-electron chi connectivity index (χ1n) is 8.50. The van der Waals surface area contributed by atoms with Gasteiger partial charge in [-0.05, 0) is 42.3 Å². The van der Waals surface area contributed by atoms with Crippen LogP contribution in [0, 0.1) is 6.92 Å². The van der Waals surface area contributed by atoms with Gasteiger partial charge in [-0.1, -0.05) is 48.7 Å². The van der Waals surface area contributed by atoms with Crippen molar-refractivity contribution >= 4 is 17.7 Å². The summed E-state index contributed by atoms with van der Waals surface area (Å²) >= 11 is 1.51. The number of hydrogen-bond acceptors (Lipinski definition) is 5. The average molecular weight is 345 g/mol. The van der Waals surface area contributed by atoms with Crippen LogP contribution >= 0.6 is 11.8 Å². The lowest BCUT2D eigenvalue weighted by Gasteiger charge is -2.22. The molecule has 1 aromatic heterocycles. The van der Waals surface area contributed by atoms with E-state index >= 15 is 0 Å². The first-order chi connectivity index (χ1) is 11.7. The average Bonchev–Trinajstić information content (AvgIpc) is 3.05. The van der Waals surface area contributed by atoms with Gasteiger partial charge in [-0.15, -0.1) is 5.10 Å². The number of nitrogens with one attached hydrogen (secondary N) is 1. The van der Waals surface area contributed by atoms with Crippen molar-refractivity contribution in [3.05, 3.63) is 29.8 Å². The van der Waals surface area contributed by atoms with Gasteiger partial charge in [0.25, 0.3) is 0 Å². The number of hydrogen-bond donors (Lipinski definition) is 1. The Kier molecular flexibility index (Phi) is 5.85. The third-order valence-electron chi connectivity index (χ3n) is 4.25. The third kappa shape index (κ3) is 4.56. The quantitative estimate of drug-likeness (QED) is 0.815. The van der Waals surface area contributed by atoms with Crippen molar-refractivity contribution in [2.75, 3.05) is 5.75 Å². The van der Waals surface area contributed by atoms with E-state index in [1.807, 2.05) is 31.2 Å². The van der Waals surface area contributed by atoms with Crippen LogP contribution in [0.25, 0.3) is 5.69 Å². The molecule has 24 heavy (non-hydrogen) atoms. The summed E-state index contributed by atoms with van der Waals surface area (Å²) in [5.41, 5.74) is 2.13. The van der Waals surface area contributed by atoms with Crippen LogP contribution in [0.3, 0.4) is 0 Å². The molecule has 0 aliphatic heterocycles. The number of thioether (sulfide) groups is 1. The maximum atomic E-state index is 12.0. The predicted molar refractivity (Wildman–Crippen MR) is 94.2 cm³/mol. The second-order valence-corrected chi connectivity index (χ2v) is 7.27. The zero-order valence-electron chi connectivity index (χ0n) is 13.9. The SMILES string of the molecule is Cc1ccc(-n2nnnc2SCCC(=O)NC2CCCCC2)cc1. The number of aryl methyl sites for hydroxylation is 1. The van der Waals surface area contributed by atoms with Crippen molar-refractivity contribution in [2.24, 2.45) is 0 Å². The summed E-state index contributed by atoms with van der Waals surface area (Å²) in [6, 6.07) is 8.41. The van der Waals surface area contributed by atoms with Gasteiger partial charge in [-0.25, -0.2) is 0 Å². The number of aromatic nitrogens is 4. The molecule has 1 saturated carbocycles. The standard InChI is InChI=1S/C17H23N5OS/c1-13-7-9-15(10-8-13)22-17(19-20-21-22)24-12-11-16(23)18-14-5-3-2-4-6-14/h7-10,14H,2-6,11-12H2,1H3,(H,18,23). The summed E-state index contributed by atoms with van der Waals surface area (Å²) in [6.07, 6.45) is 6.47. The summed E-state index contributed by atoms with van der Waals surface area (Å²) in [6.45, 7) is 2.05. The zero-order valence-corrected chi connectivity index (χ0v) is 14.8. The molecule has 1 aromatic carbocycles. The van der Waals surface area contributed by atoms with Crippen LogP contribution in [-0.2, 0) is 4.79 Å². The Morgan fingerprint density at radius 2 is 2.00 bits per heavy atom. The van der Waals surface area contributed by atoms with Crippen LogP contribution in [0.5, 0.6) is 0 Å². The number of carbonyl (C=O) groups is 1. The summed E-state index contributed by atoms with van der Waals surface area (Å²) in [4.78, 5) is 12.0. The molecular weight excluding hydrogens is 322 g/mol. The Bertz CT molecular complexity index is 664. The van der Waals surface area contributed by atoms with Crippen molar-refractivity contribution in [1.82, 2.24) is 25.5 Å². The van der Waals surface area contributed by atoms with Gasteiger partial charge in [0.05, 0.1) is 5.69 Å². The monoisotopic (exact) mass is 345 g/mol. The van der Waals surface area contributed by atoms with E-state index in [0.717, 1.165) is 18.5 Å². The van der Waals surface area contributed by atoms with Gasteiger partial charge < -0.3 is 5.32 Å². The molecule has 1 aliphatic rings. The maximum Gasteiger partial charge on any atom is 0.221 e. The van der Waals surface area contributed by atoms with Crippen LogP contribution in [0.15, 0.2) is 29.4 Å². The lowest BCUT2D eigenvalue weighted by Crippen LogP contribution is -2.36. The van der Waals surface area contributed by atoms with Gasteiger partial charge in [0.1, 0.15) is 0 Å². The Labute approximate surface area is 146 Å². The molecular formula is C17H23N5OS. The van der Waals surface area contributed by atoms with Gasteiger partial charge in [0, 0.05) is 18.2 Å². The summed E-state index contributed by atoms with van der Waals surface area (Å²) in [5, 5.41) is 15.7. The van der Waals surface area contributed by atoms with E-state index in [2.05, 4.69) is 20.8 Å². The summed E-state index contributed by atoms with van der Waals surface area (Å²) < 4.78 is 1.71. The van der Waals surface area contributed by atoms with Gasteiger partial charge >= 0.3 is 0 Å². The van der Waals surface area contributed by atoms with Crippen molar-refractivity contribution < 1.29 is 4.79 Å². The van der Waals surface area contributed by atoms with E-state index in [9.17, 15) is 4.79 Å². The van der Waals surface area contributed by atoms with Gasteiger partial charge in [0.2, 0.25) is 11.1 Å². The van der Waals surface area contributed by atoms with Crippen molar-refractivity contribution in [3.63, 3.8) is 0 Å². The van der Waals surface area contributed by atoms with Gasteiger partial charge in [0.15, 0.2) is 0 Å². The highest BCUT2D eigenvalue weighted by atomic mass is 32.2. The van der Waals surface area contributed by atoms with Crippen LogP contribution in [0.1, 0.15) is 44.1 Å². The molecule has 1 N–H and O–H groups in total. The Balaban J connectivity index is 1.49. The molecule has 7 heteroatoms. The molecule has 1 aliphatic carbocycles. The molecule has 1 heterocycles. The highest BCUT2D eigenvalue weighted by Gasteiger charge is 2.16. The lowest BCUT2D eigenvalue weighted by molar-refractivity contribution is -0.121. The highest BCUT2D eigenvalue weighted by Crippen LogP contribution is 2.20. The van der Waals surface area contributed by atoms with Crippen LogP contribution < -0.4 is 5.32 Å². The molecule has 2 aromatic rings. The maximum absolute atomic E-state index is 12.0. The topological polar surface area (TPSA) is 72.7 Å². The van der Waals surface area contributed by atoms with Crippen molar-refractivity contribution in [3.8, 4) is 5.69 Å². The van der Waals surface area contributed by atoms with E-state index in [-0.39, 0.29) is 5.91 Å². The lowest BCUT2D eigenvalue weighted by atomic mass is 9.95. The van der Waals surface area contributed by atoms with Crippen LogP contribution in [-0.4, -0.2) is 37.9 Å². The fraction of sp³-hybridized carbons (Fsp3) is 0.529. The molecule has 6 nitrogen and oxygen atoms in total. The number of rotatable bonds is 6. The number of tetrazole rings is 1. The number of nitrogens with zero attached hydrogens (tertiary/aromatic N) is 4. The molecule has 1 fully saturated rings. The Morgan fingerprint density at radius 3 is 2.75 bits per heavy atom. The summed E-state index contributed by atoms with van der Waals surface area (Å²) in [7, 11) is 0. The fourth-order valence-electron chi connectivity index (χ4n) is 2.90. The smallest absolute Gasteiger partial charge is 0.221 e. The first kappa shape index (κ1) is 17.0. The fourth-order valence-corrected chi connectivity index (χ4v) is 3.73. The molecule has 0 radical (unpaired) electrons. The number of carbonyl (C=O) groups excluding carboxylic acids is 1. The molecule has 3 rings (SSSR count). The zero-order chi connectivity index (χ0) is 16.8. The molecule has 0 saturated heterocycles. The van der Waals surface area contributed by atoms with Gasteiger partial charge in [-0.3, -0.25) is 4.79 Å².